The number of aliphatic imine (C=N–C) groups is 2. The Hall–Kier alpha value is -1.12. The first kappa shape index (κ1) is 11.6. The Morgan fingerprint density at radius 1 is 1.50 bits per heavy atom. The third-order valence-electron chi connectivity index (χ3n) is 0.518. The molecule has 0 rings (SSSR count). The van der Waals surface area contributed by atoms with Gasteiger partial charge in [0.2, 0.25) is 5.96 Å². The largest absolute Gasteiger partial charge is 0.368 e. The molecule has 0 unspecified atom stereocenters. The van der Waals surface area contributed by atoms with Gasteiger partial charge in [0.1, 0.15) is 0 Å². The number of nitrogens with zero attached hydrogens (tertiary/aromatic N) is 2. The second-order valence-corrected chi connectivity index (χ2v) is 1.13. The molecule has 0 aliphatic rings. The molecule has 0 aromatic carbocycles. The van der Waals surface area contributed by atoms with Gasteiger partial charge in [0.25, 0.3) is 0 Å². The molecule has 10 heavy (non-hydrogen) atoms. The minimum Gasteiger partial charge on any atom is -0.368 e. The minimum atomic E-state index is 0.197. The van der Waals surface area contributed by atoms with Crippen LogP contribution < -0.4 is 5.73 Å². The van der Waals surface area contributed by atoms with Gasteiger partial charge in [0.15, 0.2) is 0 Å². The standard InChI is InChI=1S/C5H9N3.C2H6/c1-3-4-8-5(6)7-2;1-2/h3-4H,2H2,1H3,(H2,6,8);1-2H3/b4-3-;. The number of nitrogens with two attached hydrogens (primary N) is 1. The van der Waals surface area contributed by atoms with Gasteiger partial charge in [-0.1, -0.05) is 19.9 Å². The Labute approximate surface area is 62.4 Å². The summed E-state index contributed by atoms with van der Waals surface area (Å²) < 4.78 is 0. The maximum Gasteiger partial charge on any atom is 0.219 e. The van der Waals surface area contributed by atoms with E-state index in [1.165, 1.54) is 0 Å². The van der Waals surface area contributed by atoms with Crippen molar-refractivity contribution in [3.63, 3.8) is 0 Å². The van der Waals surface area contributed by atoms with Crippen molar-refractivity contribution in [2.45, 2.75) is 20.8 Å². The Kier molecular flexibility index (Phi) is 12.6. The highest BCUT2D eigenvalue weighted by molar-refractivity contribution is 5.82. The molecule has 3 nitrogen and oxygen atoms in total. The van der Waals surface area contributed by atoms with Gasteiger partial charge in [-0.25, -0.2) is 9.98 Å². The summed E-state index contributed by atoms with van der Waals surface area (Å²) in [6.45, 7) is 9.02. The molecule has 0 aromatic heterocycles. The van der Waals surface area contributed by atoms with Crippen molar-refractivity contribution in [2.75, 3.05) is 0 Å². The summed E-state index contributed by atoms with van der Waals surface area (Å²) in [5.41, 5.74) is 5.13. The lowest BCUT2D eigenvalue weighted by Gasteiger charge is -1.81. The van der Waals surface area contributed by atoms with Crippen LogP contribution in [0.4, 0.5) is 0 Å². The SMILES string of the molecule is C=NC(N)=N/C=C\C.CC. The van der Waals surface area contributed by atoms with E-state index in [0.717, 1.165) is 0 Å². The van der Waals surface area contributed by atoms with E-state index in [4.69, 9.17) is 5.73 Å². The summed E-state index contributed by atoms with van der Waals surface area (Å²) in [5.74, 6) is 0.197. The lowest BCUT2D eigenvalue weighted by molar-refractivity contribution is 1.42. The fourth-order valence-corrected chi connectivity index (χ4v) is 0.192. The van der Waals surface area contributed by atoms with E-state index in [-0.39, 0.29) is 5.96 Å². The van der Waals surface area contributed by atoms with E-state index >= 15 is 0 Å². The van der Waals surface area contributed by atoms with Crippen LogP contribution in [0.5, 0.6) is 0 Å². The van der Waals surface area contributed by atoms with E-state index in [1.807, 2.05) is 20.8 Å². The molecule has 0 aliphatic carbocycles. The number of allylic oxidation sites excluding steroid dienone is 1. The quantitative estimate of drug-likeness (QED) is 0.437. The fraction of sp³-hybridized carbons (Fsp3) is 0.429. The van der Waals surface area contributed by atoms with Crippen LogP contribution in [0.2, 0.25) is 0 Å². The summed E-state index contributed by atoms with van der Waals surface area (Å²) in [5, 5.41) is 0. The van der Waals surface area contributed by atoms with Crippen LogP contribution in [-0.2, 0) is 0 Å². The van der Waals surface area contributed by atoms with Gasteiger partial charge in [-0.3, -0.25) is 0 Å². The van der Waals surface area contributed by atoms with E-state index in [0.29, 0.717) is 0 Å². The fourth-order valence-electron chi connectivity index (χ4n) is 0.192. The molecular weight excluding hydrogens is 126 g/mol. The highest BCUT2D eigenvalue weighted by Crippen LogP contribution is 1.73. The molecule has 0 radical (unpaired) electrons. The Balaban J connectivity index is 0. The monoisotopic (exact) mass is 141 g/mol. The van der Waals surface area contributed by atoms with Crippen LogP contribution in [0, 0.1) is 0 Å². The normalized spacial score (nSPS) is 10.5. The molecule has 2 N–H and O–H groups in total. The van der Waals surface area contributed by atoms with Gasteiger partial charge in [0.05, 0.1) is 0 Å². The summed E-state index contributed by atoms with van der Waals surface area (Å²) in [4.78, 5) is 7.00. The zero-order valence-electron chi connectivity index (χ0n) is 6.83. The van der Waals surface area contributed by atoms with Crippen LogP contribution in [0.25, 0.3) is 0 Å². The van der Waals surface area contributed by atoms with Gasteiger partial charge in [-0.2, -0.15) is 0 Å². The molecule has 0 bridgehead atoms. The van der Waals surface area contributed by atoms with Crippen molar-refractivity contribution in [3.8, 4) is 0 Å². The smallest absolute Gasteiger partial charge is 0.219 e. The maximum absolute atomic E-state index is 5.13. The summed E-state index contributed by atoms with van der Waals surface area (Å²) >= 11 is 0. The first-order valence-electron chi connectivity index (χ1n) is 3.22. The number of hydrogen-bond acceptors (Lipinski definition) is 1. The summed E-state index contributed by atoms with van der Waals surface area (Å²) in [6, 6.07) is 0. The second kappa shape index (κ2) is 10.8. The zero-order valence-corrected chi connectivity index (χ0v) is 6.83. The third-order valence-corrected chi connectivity index (χ3v) is 0.518. The molecule has 0 aliphatic heterocycles. The number of hydrogen-bond donors (Lipinski definition) is 1. The highest BCUT2D eigenvalue weighted by Gasteiger charge is 1.73. The molecule has 0 saturated carbocycles. The predicted molar refractivity (Wildman–Crippen MR) is 47.3 cm³/mol. The topological polar surface area (TPSA) is 50.7 Å². The van der Waals surface area contributed by atoms with Crippen LogP contribution in [-0.4, -0.2) is 12.7 Å². The van der Waals surface area contributed by atoms with Gasteiger partial charge >= 0.3 is 0 Å². The van der Waals surface area contributed by atoms with Crippen molar-refractivity contribution < 1.29 is 0 Å². The molecule has 0 aromatic rings. The van der Waals surface area contributed by atoms with Crippen molar-refractivity contribution in [3.05, 3.63) is 12.3 Å². The Bertz CT molecular complexity index is 125. The molecule has 0 saturated heterocycles. The first-order valence-corrected chi connectivity index (χ1v) is 3.22. The van der Waals surface area contributed by atoms with E-state index in [2.05, 4.69) is 16.7 Å². The van der Waals surface area contributed by atoms with Crippen molar-refractivity contribution >= 4 is 12.7 Å². The molecule has 0 spiro atoms. The molecule has 3 heteroatoms. The Morgan fingerprint density at radius 2 is 2.00 bits per heavy atom. The van der Waals surface area contributed by atoms with Crippen molar-refractivity contribution in [1.29, 1.82) is 0 Å². The average molecular weight is 141 g/mol. The van der Waals surface area contributed by atoms with E-state index in [9.17, 15) is 0 Å². The average Bonchev–Trinajstić information content (AvgIpc) is 2.04. The van der Waals surface area contributed by atoms with Crippen LogP contribution >= 0.6 is 0 Å². The highest BCUT2D eigenvalue weighted by atomic mass is 15.0. The summed E-state index contributed by atoms with van der Waals surface area (Å²) in [6.07, 6.45) is 3.32. The van der Waals surface area contributed by atoms with Crippen LogP contribution in [0.1, 0.15) is 20.8 Å². The second-order valence-electron chi connectivity index (χ2n) is 1.13. The molecule has 0 fully saturated rings. The van der Waals surface area contributed by atoms with Gasteiger partial charge < -0.3 is 5.73 Å². The Morgan fingerprint density at radius 3 is 2.30 bits per heavy atom. The van der Waals surface area contributed by atoms with E-state index < -0.39 is 0 Å². The van der Waals surface area contributed by atoms with Crippen molar-refractivity contribution in [1.82, 2.24) is 0 Å². The molecular formula is C7H15N3. The maximum atomic E-state index is 5.13. The first-order chi connectivity index (χ1) is 4.81. The molecule has 0 heterocycles. The molecule has 0 amide bonds. The van der Waals surface area contributed by atoms with Gasteiger partial charge in [0, 0.05) is 6.20 Å². The van der Waals surface area contributed by atoms with E-state index in [1.54, 1.807) is 12.3 Å². The van der Waals surface area contributed by atoms with Crippen molar-refractivity contribution in [2.24, 2.45) is 15.7 Å². The predicted octanol–water partition coefficient (Wildman–Crippen LogP) is 1.56. The molecule has 0 atom stereocenters. The minimum absolute atomic E-state index is 0.197. The molecule has 58 valence electrons. The zero-order chi connectivity index (χ0) is 8.41. The lowest BCUT2D eigenvalue weighted by Crippen LogP contribution is -2.05. The number of guanidine groups is 1. The van der Waals surface area contributed by atoms with Gasteiger partial charge in [-0.15, -0.1) is 0 Å². The lowest BCUT2D eigenvalue weighted by atomic mass is 10.7. The number of rotatable bonds is 1. The summed E-state index contributed by atoms with van der Waals surface area (Å²) in [7, 11) is 0. The third kappa shape index (κ3) is 9.99. The van der Waals surface area contributed by atoms with Crippen LogP contribution in [0.15, 0.2) is 22.3 Å². The van der Waals surface area contributed by atoms with Gasteiger partial charge in [-0.05, 0) is 13.6 Å². The van der Waals surface area contributed by atoms with Crippen LogP contribution in [0.3, 0.4) is 0 Å².